The number of aromatic nitrogens is 1. The lowest BCUT2D eigenvalue weighted by molar-refractivity contribution is -0.118. The van der Waals surface area contributed by atoms with Crippen LogP contribution in [0, 0.1) is 25.2 Å². The number of benzene rings is 2. The first kappa shape index (κ1) is 18.9. The zero-order valence-electron chi connectivity index (χ0n) is 15.5. The van der Waals surface area contributed by atoms with Crippen LogP contribution in [-0.4, -0.2) is 23.2 Å². The van der Waals surface area contributed by atoms with Gasteiger partial charge in [0.15, 0.2) is 0 Å². The van der Waals surface area contributed by atoms with E-state index >= 15 is 0 Å². The molecule has 27 heavy (non-hydrogen) atoms. The Hall–Kier alpha value is -2.84. The summed E-state index contributed by atoms with van der Waals surface area (Å²) >= 11 is 1.31. The van der Waals surface area contributed by atoms with Gasteiger partial charge in [-0.05, 0) is 43.0 Å². The summed E-state index contributed by atoms with van der Waals surface area (Å²) in [5.74, 6) is 0.190. The third-order valence-corrected chi connectivity index (χ3v) is 5.40. The second-order valence-electron chi connectivity index (χ2n) is 6.42. The summed E-state index contributed by atoms with van der Waals surface area (Å²) in [7, 11) is 0. The summed E-state index contributed by atoms with van der Waals surface area (Å²) in [6, 6.07) is 18.2. The second-order valence-corrected chi connectivity index (χ2v) is 7.39. The number of hydrogen-bond donors (Lipinski definition) is 1. The Bertz CT molecular complexity index is 1010. The van der Waals surface area contributed by atoms with Crippen LogP contribution in [-0.2, 0) is 11.2 Å². The molecule has 0 saturated heterocycles. The molecule has 1 N–H and O–H groups in total. The number of nitrogens with zero attached hydrogens (tertiary/aromatic N) is 2. The Balaban J connectivity index is 1.65. The molecule has 0 aliphatic rings. The fraction of sp³-hybridized carbons (Fsp3) is 0.227. The molecule has 0 bridgehead atoms. The smallest absolute Gasteiger partial charge is 0.230 e. The van der Waals surface area contributed by atoms with Crippen molar-refractivity contribution in [2.24, 2.45) is 0 Å². The fourth-order valence-electron chi connectivity index (χ4n) is 2.88. The van der Waals surface area contributed by atoms with Gasteiger partial charge < -0.3 is 5.32 Å². The Labute approximate surface area is 163 Å². The highest BCUT2D eigenvalue weighted by atomic mass is 32.2. The van der Waals surface area contributed by atoms with Gasteiger partial charge in [0.1, 0.15) is 11.1 Å². The highest BCUT2D eigenvalue weighted by Crippen LogP contribution is 2.28. The van der Waals surface area contributed by atoms with Crippen molar-refractivity contribution in [2.45, 2.75) is 25.3 Å². The Morgan fingerprint density at radius 1 is 1.15 bits per heavy atom. The van der Waals surface area contributed by atoms with Gasteiger partial charge in [-0.25, -0.2) is 4.98 Å². The molecular weight excluding hydrogens is 354 g/mol. The Kier molecular flexibility index (Phi) is 6.10. The number of nitrogens with one attached hydrogen (secondary N) is 1. The van der Waals surface area contributed by atoms with Crippen LogP contribution in [0.2, 0.25) is 0 Å². The summed E-state index contributed by atoms with van der Waals surface area (Å²) in [4.78, 5) is 16.8. The number of hydrogen-bond acceptors (Lipinski definition) is 4. The predicted octanol–water partition coefficient (Wildman–Crippen LogP) is 4.17. The molecule has 1 amide bonds. The van der Waals surface area contributed by atoms with E-state index in [0.29, 0.717) is 17.1 Å². The molecule has 2 aromatic carbocycles. The predicted molar refractivity (Wildman–Crippen MR) is 110 cm³/mol. The van der Waals surface area contributed by atoms with Crippen LogP contribution in [0.1, 0.15) is 22.3 Å². The van der Waals surface area contributed by atoms with Crippen LogP contribution in [0.15, 0.2) is 53.6 Å². The highest BCUT2D eigenvalue weighted by Gasteiger charge is 2.12. The van der Waals surface area contributed by atoms with E-state index < -0.39 is 0 Å². The number of pyridine rings is 1. The fourth-order valence-corrected chi connectivity index (χ4v) is 3.67. The van der Waals surface area contributed by atoms with Crippen molar-refractivity contribution in [3.05, 3.63) is 70.8 Å². The molecular formula is C22H21N3OS. The minimum Gasteiger partial charge on any atom is -0.355 e. The monoisotopic (exact) mass is 375 g/mol. The van der Waals surface area contributed by atoms with Gasteiger partial charge in [0, 0.05) is 11.9 Å². The minimum atomic E-state index is -0.0531. The lowest BCUT2D eigenvalue weighted by Crippen LogP contribution is -2.27. The number of thioether (sulfide) groups is 1. The topological polar surface area (TPSA) is 65.8 Å². The third kappa shape index (κ3) is 4.66. The van der Waals surface area contributed by atoms with Crippen LogP contribution in [0.5, 0.6) is 0 Å². The van der Waals surface area contributed by atoms with Gasteiger partial charge in [-0.1, -0.05) is 54.2 Å². The van der Waals surface area contributed by atoms with E-state index in [1.54, 1.807) is 0 Å². The molecule has 0 saturated carbocycles. The van der Waals surface area contributed by atoms with Gasteiger partial charge in [0.05, 0.1) is 16.8 Å². The average molecular weight is 375 g/mol. The molecule has 0 aliphatic heterocycles. The van der Waals surface area contributed by atoms with Crippen molar-refractivity contribution in [1.82, 2.24) is 10.3 Å². The van der Waals surface area contributed by atoms with Crippen LogP contribution in [0.4, 0.5) is 0 Å². The molecule has 136 valence electrons. The van der Waals surface area contributed by atoms with E-state index in [-0.39, 0.29) is 11.7 Å². The minimum absolute atomic E-state index is 0.0531. The quantitative estimate of drug-likeness (QED) is 0.657. The molecule has 5 heteroatoms. The zero-order valence-corrected chi connectivity index (χ0v) is 16.3. The normalized spacial score (nSPS) is 10.6. The van der Waals surface area contributed by atoms with Crippen LogP contribution in [0.3, 0.4) is 0 Å². The molecule has 3 rings (SSSR count). The van der Waals surface area contributed by atoms with E-state index in [2.05, 4.69) is 16.4 Å². The zero-order chi connectivity index (χ0) is 19.2. The van der Waals surface area contributed by atoms with Gasteiger partial charge in [-0.3, -0.25) is 4.79 Å². The maximum absolute atomic E-state index is 12.1. The molecule has 3 aromatic rings. The van der Waals surface area contributed by atoms with E-state index in [0.717, 1.165) is 28.5 Å². The van der Waals surface area contributed by atoms with E-state index in [9.17, 15) is 10.1 Å². The third-order valence-electron chi connectivity index (χ3n) is 4.41. The van der Waals surface area contributed by atoms with E-state index in [4.69, 9.17) is 0 Å². The molecule has 0 spiro atoms. The Morgan fingerprint density at radius 3 is 2.63 bits per heavy atom. The molecule has 1 heterocycles. The van der Waals surface area contributed by atoms with Crippen LogP contribution in [0.25, 0.3) is 10.9 Å². The van der Waals surface area contributed by atoms with Gasteiger partial charge in [0.25, 0.3) is 0 Å². The van der Waals surface area contributed by atoms with E-state index in [1.807, 2.05) is 62.4 Å². The number of aryl methyl sites for hydroxylation is 2. The summed E-state index contributed by atoms with van der Waals surface area (Å²) in [6.07, 6.45) is 0.799. The van der Waals surface area contributed by atoms with Gasteiger partial charge in [-0.15, -0.1) is 0 Å². The molecule has 4 nitrogen and oxygen atoms in total. The summed E-state index contributed by atoms with van der Waals surface area (Å²) in [5.41, 5.74) is 4.75. The number of amides is 1. The van der Waals surface area contributed by atoms with Crippen molar-refractivity contribution < 1.29 is 4.79 Å². The largest absolute Gasteiger partial charge is 0.355 e. The maximum Gasteiger partial charge on any atom is 0.230 e. The summed E-state index contributed by atoms with van der Waals surface area (Å²) in [5, 5.41) is 14.0. The molecule has 0 radical (unpaired) electrons. The average Bonchev–Trinajstić information content (AvgIpc) is 2.69. The van der Waals surface area contributed by atoms with Crippen molar-refractivity contribution in [2.75, 3.05) is 12.3 Å². The van der Waals surface area contributed by atoms with E-state index in [1.165, 1.54) is 17.3 Å². The number of fused-ring (bicyclic) bond motifs is 1. The molecule has 1 aromatic heterocycles. The highest BCUT2D eigenvalue weighted by molar-refractivity contribution is 8.00. The first-order chi connectivity index (χ1) is 13.1. The van der Waals surface area contributed by atoms with Crippen LogP contribution >= 0.6 is 11.8 Å². The van der Waals surface area contributed by atoms with Crippen molar-refractivity contribution in [3.8, 4) is 6.07 Å². The van der Waals surface area contributed by atoms with Gasteiger partial charge in [-0.2, -0.15) is 5.26 Å². The van der Waals surface area contributed by atoms with Gasteiger partial charge in [0.2, 0.25) is 5.91 Å². The van der Waals surface area contributed by atoms with Gasteiger partial charge >= 0.3 is 0 Å². The molecule has 0 aliphatic carbocycles. The number of carbonyl (C=O) groups excluding carboxylic acids is 1. The molecule has 0 unspecified atom stereocenters. The van der Waals surface area contributed by atoms with Crippen LogP contribution < -0.4 is 5.32 Å². The molecule has 0 atom stereocenters. The van der Waals surface area contributed by atoms with Crippen molar-refractivity contribution in [3.63, 3.8) is 0 Å². The number of nitriles is 1. The lowest BCUT2D eigenvalue weighted by atomic mass is 10.0. The second kappa shape index (κ2) is 8.70. The summed E-state index contributed by atoms with van der Waals surface area (Å²) in [6.45, 7) is 4.61. The summed E-state index contributed by atoms with van der Waals surface area (Å²) < 4.78 is 0. The molecule has 0 fully saturated rings. The number of rotatable bonds is 6. The van der Waals surface area contributed by atoms with Crippen molar-refractivity contribution >= 4 is 28.6 Å². The first-order valence-corrected chi connectivity index (χ1v) is 9.81. The van der Waals surface area contributed by atoms with Crippen molar-refractivity contribution in [1.29, 1.82) is 5.26 Å². The Morgan fingerprint density at radius 2 is 1.89 bits per heavy atom. The SMILES string of the molecule is Cc1ccc(C)c2nc(SCC(=O)NCCc3ccccc3)c(C#N)cc12. The lowest BCUT2D eigenvalue weighted by Gasteiger charge is -2.10. The standard InChI is InChI=1S/C22H21N3OS/c1-15-8-9-16(2)21-19(15)12-18(13-23)22(25-21)27-14-20(26)24-11-10-17-6-4-3-5-7-17/h3-9,12H,10-11,14H2,1-2H3,(H,24,26). The number of carbonyl (C=O) groups is 1. The first-order valence-electron chi connectivity index (χ1n) is 8.83. The maximum atomic E-state index is 12.1.